The third-order valence-electron chi connectivity index (χ3n) is 14.1. The number of para-hydroxylation sites is 3. The Balaban J connectivity index is 1.34. The van der Waals surface area contributed by atoms with Gasteiger partial charge in [0.1, 0.15) is 11.2 Å². The molecule has 61 heavy (non-hydrogen) atoms. The van der Waals surface area contributed by atoms with Gasteiger partial charge in [-0.2, -0.15) is 0 Å². The van der Waals surface area contributed by atoms with Crippen LogP contribution in [0.25, 0.3) is 76.4 Å². The number of furan rings is 1. The standard InChI is InChI=1S/C57H51BN2O/c1-32-36-18-11-12-21-39(36)51(57(8,9)10)43-30-47-45(29-42(32)43)58-52-48(59(47)35-27-33(55(2,3)4)26-34(28-35)56(5,6)7)31-44-38-20-14-16-25-49(38)61-54(44)50(52)41-23-17-22-40-37-19-13-15-24-46(37)60(58)53(40)41/h11-31H,1-10H3. The van der Waals surface area contributed by atoms with Gasteiger partial charge in [0.05, 0.1) is 0 Å². The number of rotatable bonds is 1. The number of benzene rings is 8. The number of hydrogen-bond acceptors (Lipinski definition) is 2. The molecule has 0 aliphatic carbocycles. The molecule has 0 atom stereocenters. The first-order valence-corrected chi connectivity index (χ1v) is 22.1. The summed E-state index contributed by atoms with van der Waals surface area (Å²) in [7, 11) is 0. The molecular weight excluding hydrogens is 739 g/mol. The van der Waals surface area contributed by atoms with Crippen LogP contribution in [0.1, 0.15) is 84.6 Å². The van der Waals surface area contributed by atoms with Crippen molar-refractivity contribution in [3.63, 3.8) is 0 Å². The fourth-order valence-electron chi connectivity index (χ4n) is 11.2. The monoisotopic (exact) mass is 790 g/mol. The van der Waals surface area contributed by atoms with Crippen molar-refractivity contribution in [3.05, 3.63) is 150 Å². The maximum Gasteiger partial charge on any atom is 0.333 e. The number of aryl methyl sites for hydroxylation is 1. The maximum atomic E-state index is 7.06. The van der Waals surface area contributed by atoms with Crippen molar-refractivity contribution < 1.29 is 4.42 Å². The van der Waals surface area contributed by atoms with Gasteiger partial charge in [-0.1, -0.05) is 153 Å². The van der Waals surface area contributed by atoms with Crippen LogP contribution in [0.4, 0.5) is 17.1 Å². The fraction of sp³-hybridized carbons (Fsp3) is 0.228. The molecule has 4 heterocycles. The van der Waals surface area contributed by atoms with E-state index in [1.807, 2.05) is 0 Å². The van der Waals surface area contributed by atoms with Gasteiger partial charge in [0.2, 0.25) is 0 Å². The average Bonchev–Trinajstić information content (AvgIpc) is 3.77. The van der Waals surface area contributed by atoms with Crippen molar-refractivity contribution in [2.75, 3.05) is 4.90 Å². The van der Waals surface area contributed by atoms with Crippen LogP contribution in [-0.4, -0.2) is 11.3 Å². The highest BCUT2D eigenvalue weighted by molar-refractivity contribution is 6.90. The lowest BCUT2D eigenvalue weighted by atomic mass is 9.44. The number of nitrogens with zero attached hydrogens (tertiary/aromatic N) is 2. The molecule has 0 saturated carbocycles. The van der Waals surface area contributed by atoms with Gasteiger partial charge in [0.15, 0.2) is 0 Å². The van der Waals surface area contributed by atoms with Gasteiger partial charge >= 0.3 is 6.85 Å². The molecule has 0 radical (unpaired) electrons. The summed E-state index contributed by atoms with van der Waals surface area (Å²) in [5, 5.41) is 10.2. The smallest absolute Gasteiger partial charge is 0.333 e. The fourth-order valence-corrected chi connectivity index (χ4v) is 11.2. The van der Waals surface area contributed by atoms with E-state index >= 15 is 0 Å². The molecule has 0 fully saturated rings. The van der Waals surface area contributed by atoms with E-state index in [4.69, 9.17) is 4.42 Å². The van der Waals surface area contributed by atoms with E-state index in [-0.39, 0.29) is 23.1 Å². The van der Waals surface area contributed by atoms with Gasteiger partial charge in [-0.3, -0.25) is 0 Å². The van der Waals surface area contributed by atoms with Crippen molar-refractivity contribution in [1.29, 1.82) is 0 Å². The second-order valence-corrected chi connectivity index (χ2v) is 21.0. The Kier molecular flexibility index (Phi) is 7.18. The summed E-state index contributed by atoms with van der Waals surface area (Å²) in [6.07, 6.45) is 0. The van der Waals surface area contributed by atoms with Gasteiger partial charge in [-0.15, -0.1) is 0 Å². The zero-order valence-corrected chi connectivity index (χ0v) is 37.0. The summed E-state index contributed by atoms with van der Waals surface area (Å²) in [6, 6.07) is 48.6. The van der Waals surface area contributed by atoms with Gasteiger partial charge < -0.3 is 13.8 Å². The third-order valence-corrected chi connectivity index (χ3v) is 14.1. The molecule has 0 spiro atoms. The van der Waals surface area contributed by atoms with Gasteiger partial charge in [-0.25, -0.2) is 0 Å². The van der Waals surface area contributed by atoms with Crippen LogP contribution in [0.5, 0.6) is 0 Å². The molecule has 4 heteroatoms. The quantitative estimate of drug-likeness (QED) is 0.122. The third kappa shape index (κ3) is 4.94. The lowest BCUT2D eigenvalue weighted by Gasteiger charge is -2.42. The molecule has 3 nitrogen and oxygen atoms in total. The van der Waals surface area contributed by atoms with Crippen LogP contribution in [0.15, 0.2) is 132 Å². The normalized spacial score (nSPS) is 14.0. The van der Waals surface area contributed by atoms with Crippen molar-refractivity contribution in [2.45, 2.75) is 85.5 Å². The SMILES string of the molecule is Cc1c2ccccc2c(C(C)(C)C)c2cc3c(cc12)B1c2c(cc4c(oc5ccccc54)c2-c2cccc4c5ccccc5n1c24)N3c1cc(C(C)(C)C)cc(C(C)(C)C)c1. The number of anilines is 3. The number of hydrogen-bond donors (Lipinski definition) is 0. The highest BCUT2D eigenvalue weighted by atomic mass is 16.3. The molecule has 2 aliphatic heterocycles. The van der Waals surface area contributed by atoms with Crippen LogP contribution in [0, 0.1) is 6.92 Å². The molecule has 10 aromatic rings. The Morgan fingerprint density at radius 1 is 0.508 bits per heavy atom. The van der Waals surface area contributed by atoms with E-state index in [0.717, 1.165) is 21.9 Å². The van der Waals surface area contributed by atoms with E-state index in [0.29, 0.717) is 0 Å². The minimum Gasteiger partial charge on any atom is -0.455 e. The van der Waals surface area contributed by atoms with Crippen LogP contribution in [0.2, 0.25) is 0 Å². The molecule has 0 unspecified atom stereocenters. The highest BCUT2D eigenvalue weighted by Crippen LogP contribution is 2.51. The predicted octanol–water partition coefficient (Wildman–Crippen LogP) is 14.6. The van der Waals surface area contributed by atoms with Gasteiger partial charge in [0, 0.05) is 60.8 Å². The van der Waals surface area contributed by atoms with Crippen molar-refractivity contribution >= 4 is 100 Å². The lowest BCUT2D eigenvalue weighted by Crippen LogP contribution is -2.56. The van der Waals surface area contributed by atoms with Crippen molar-refractivity contribution in [2.24, 2.45) is 0 Å². The van der Waals surface area contributed by atoms with Crippen molar-refractivity contribution in [1.82, 2.24) is 4.48 Å². The zero-order valence-electron chi connectivity index (χ0n) is 37.0. The Morgan fingerprint density at radius 2 is 1.13 bits per heavy atom. The summed E-state index contributed by atoms with van der Waals surface area (Å²) in [4.78, 5) is 2.64. The minimum absolute atomic E-state index is 0.0608. The zero-order chi connectivity index (χ0) is 42.1. The van der Waals surface area contributed by atoms with Crippen LogP contribution in [-0.2, 0) is 16.2 Å². The Bertz CT molecular complexity index is 3530. The summed E-state index contributed by atoms with van der Waals surface area (Å²) < 4.78 is 9.74. The van der Waals surface area contributed by atoms with Crippen LogP contribution >= 0.6 is 0 Å². The van der Waals surface area contributed by atoms with E-state index < -0.39 is 0 Å². The first-order valence-electron chi connectivity index (χ1n) is 22.1. The molecule has 12 rings (SSSR count). The van der Waals surface area contributed by atoms with E-state index in [2.05, 4.69) is 206 Å². The maximum absolute atomic E-state index is 7.06. The summed E-state index contributed by atoms with van der Waals surface area (Å²) in [5.41, 5.74) is 18.3. The molecule has 0 N–H and O–H groups in total. The molecule has 2 aromatic heterocycles. The molecule has 0 bridgehead atoms. The highest BCUT2D eigenvalue weighted by Gasteiger charge is 2.45. The Labute approximate surface area is 358 Å². The van der Waals surface area contributed by atoms with E-state index in [1.54, 1.807) is 0 Å². The van der Waals surface area contributed by atoms with E-state index in [9.17, 15) is 0 Å². The molecular formula is C57H51BN2O. The summed E-state index contributed by atoms with van der Waals surface area (Å²) in [5.74, 6) is 0. The van der Waals surface area contributed by atoms with Gasteiger partial charge in [0.25, 0.3) is 0 Å². The Morgan fingerprint density at radius 3 is 1.84 bits per heavy atom. The molecule has 2 aliphatic rings. The Hall–Kier alpha value is -6.26. The van der Waals surface area contributed by atoms with Gasteiger partial charge in [-0.05, 0) is 114 Å². The topological polar surface area (TPSA) is 21.3 Å². The molecule has 298 valence electrons. The second kappa shape index (κ2) is 12.0. The predicted molar refractivity (Wildman–Crippen MR) is 263 cm³/mol. The summed E-state index contributed by atoms with van der Waals surface area (Å²) in [6.45, 7) is 23.5. The number of fused-ring (bicyclic) bond motifs is 13. The van der Waals surface area contributed by atoms with Crippen molar-refractivity contribution in [3.8, 4) is 11.1 Å². The van der Waals surface area contributed by atoms with E-state index in [1.165, 1.54) is 105 Å². The van der Waals surface area contributed by atoms with Crippen LogP contribution < -0.4 is 15.8 Å². The lowest BCUT2D eigenvalue weighted by molar-refractivity contribution is 0.569. The minimum atomic E-state index is -0.107. The largest absolute Gasteiger partial charge is 0.455 e. The first kappa shape index (κ1) is 36.6. The number of aromatic nitrogens is 1. The molecule has 0 saturated heterocycles. The average molecular weight is 791 g/mol. The van der Waals surface area contributed by atoms with Crippen LogP contribution in [0.3, 0.4) is 0 Å². The first-order chi connectivity index (χ1) is 29.1. The molecule has 8 aromatic carbocycles. The second-order valence-electron chi connectivity index (χ2n) is 21.0. The summed E-state index contributed by atoms with van der Waals surface area (Å²) >= 11 is 0. The molecule has 0 amide bonds.